The standard InChI is InChI=1S/C22H23N3O2/c26-21(23-10-13-25-11-3-4-12-25)18-8-5-7-16(14-18)19-15-17-6-1-2-9-20(17)24-22(19)27/h1-2,5-9,14-15H,3-4,10-13H2,(H,23,26)(H,24,27). The van der Waals surface area contributed by atoms with Crippen molar-refractivity contribution in [1.29, 1.82) is 0 Å². The average Bonchev–Trinajstić information content (AvgIpc) is 3.21. The van der Waals surface area contributed by atoms with Crippen LogP contribution in [-0.2, 0) is 0 Å². The fourth-order valence-electron chi connectivity index (χ4n) is 3.63. The molecule has 1 aliphatic rings. The first kappa shape index (κ1) is 17.5. The molecular formula is C22H23N3O2. The van der Waals surface area contributed by atoms with E-state index in [1.54, 1.807) is 12.1 Å². The van der Waals surface area contributed by atoms with Crippen molar-refractivity contribution < 1.29 is 4.79 Å². The van der Waals surface area contributed by atoms with Gasteiger partial charge in [0, 0.05) is 29.7 Å². The quantitative estimate of drug-likeness (QED) is 0.734. The maximum absolute atomic E-state index is 12.5. The highest BCUT2D eigenvalue weighted by atomic mass is 16.1. The Hall–Kier alpha value is -2.92. The van der Waals surface area contributed by atoms with E-state index in [1.807, 2.05) is 42.5 Å². The van der Waals surface area contributed by atoms with Gasteiger partial charge in [0.15, 0.2) is 0 Å². The lowest BCUT2D eigenvalue weighted by Gasteiger charge is -2.14. The van der Waals surface area contributed by atoms with Gasteiger partial charge >= 0.3 is 0 Å². The molecule has 27 heavy (non-hydrogen) atoms. The van der Waals surface area contributed by atoms with Gasteiger partial charge in [0.25, 0.3) is 11.5 Å². The summed E-state index contributed by atoms with van der Waals surface area (Å²) in [5.74, 6) is -0.103. The number of aromatic amines is 1. The molecule has 0 unspecified atom stereocenters. The van der Waals surface area contributed by atoms with Crippen molar-refractivity contribution in [2.45, 2.75) is 12.8 Å². The molecule has 2 heterocycles. The maximum Gasteiger partial charge on any atom is 0.256 e. The van der Waals surface area contributed by atoms with Crippen molar-refractivity contribution >= 4 is 16.8 Å². The number of carbonyl (C=O) groups is 1. The van der Waals surface area contributed by atoms with Gasteiger partial charge in [0.05, 0.1) is 0 Å². The van der Waals surface area contributed by atoms with Crippen LogP contribution >= 0.6 is 0 Å². The Morgan fingerprint density at radius 1 is 1.04 bits per heavy atom. The topological polar surface area (TPSA) is 65.2 Å². The first-order valence-electron chi connectivity index (χ1n) is 9.44. The first-order valence-corrected chi connectivity index (χ1v) is 9.44. The minimum Gasteiger partial charge on any atom is -0.351 e. The number of hydrogen-bond donors (Lipinski definition) is 2. The Bertz CT molecular complexity index is 1020. The Morgan fingerprint density at radius 2 is 1.85 bits per heavy atom. The van der Waals surface area contributed by atoms with Crippen molar-refractivity contribution in [3.63, 3.8) is 0 Å². The van der Waals surface area contributed by atoms with Crippen molar-refractivity contribution in [3.05, 3.63) is 70.5 Å². The summed E-state index contributed by atoms with van der Waals surface area (Å²) in [5, 5.41) is 3.95. The van der Waals surface area contributed by atoms with E-state index in [9.17, 15) is 9.59 Å². The number of likely N-dealkylation sites (tertiary alicyclic amines) is 1. The summed E-state index contributed by atoms with van der Waals surface area (Å²) < 4.78 is 0. The molecule has 0 spiro atoms. The fourth-order valence-corrected chi connectivity index (χ4v) is 3.63. The van der Waals surface area contributed by atoms with Crippen molar-refractivity contribution in [2.75, 3.05) is 26.2 Å². The molecule has 5 nitrogen and oxygen atoms in total. The average molecular weight is 361 g/mol. The predicted molar refractivity (Wildman–Crippen MR) is 108 cm³/mol. The number of para-hydroxylation sites is 1. The van der Waals surface area contributed by atoms with Gasteiger partial charge < -0.3 is 15.2 Å². The number of fused-ring (bicyclic) bond motifs is 1. The maximum atomic E-state index is 12.5. The van der Waals surface area contributed by atoms with Crippen LogP contribution in [-0.4, -0.2) is 42.0 Å². The van der Waals surface area contributed by atoms with Crippen LogP contribution in [0.2, 0.25) is 0 Å². The third-order valence-electron chi connectivity index (χ3n) is 5.10. The third-order valence-corrected chi connectivity index (χ3v) is 5.10. The molecule has 138 valence electrons. The highest BCUT2D eigenvalue weighted by molar-refractivity contribution is 5.95. The lowest BCUT2D eigenvalue weighted by Crippen LogP contribution is -2.33. The van der Waals surface area contributed by atoms with Gasteiger partial charge in [-0.15, -0.1) is 0 Å². The molecule has 1 saturated heterocycles. The van der Waals surface area contributed by atoms with Gasteiger partial charge in [-0.3, -0.25) is 9.59 Å². The Balaban J connectivity index is 1.52. The Morgan fingerprint density at radius 3 is 2.70 bits per heavy atom. The number of benzene rings is 2. The number of aromatic nitrogens is 1. The SMILES string of the molecule is O=C(NCCN1CCCC1)c1cccc(-c2cc3ccccc3[nH]c2=O)c1. The highest BCUT2D eigenvalue weighted by Crippen LogP contribution is 2.20. The van der Waals surface area contributed by atoms with Crippen LogP contribution in [0.1, 0.15) is 23.2 Å². The van der Waals surface area contributed by atoms with Gasteiger partial charge in [-0.05, 0) is 61.1 Å². The zero-order valence-corrected chi connectivity index (χ0v) is 15.2. The number of nitrogens with zero attached hydrogens (tertiary/aromatic N) is 1. The number of nitrogens with one attached hydrogen (secondary N) is 2. The number of carbonyl (C=O) groups excluding carboxylic acids is 1. The lowest BCUT2D eigenvalue weighted by molar-refractivity contribution is 0.0950. The fraction of sp³-hybridized carbons (Fsp3) is 0.273. The highest BCUT2D eigenvalue weighted by Gasteiger charge is 2.13. The molecule has 3 aromatic rings. The molecule has 0 radical (unpaired) electrons. The summed E-state index contributed by atoms with van der Waals surface area (Å²) in [6.07, 6.45) is 2.49. The molecule has 2 aromatic carbocycles. The Labute approximate surface area is 158 Å². The van der Waals surface area contributed by atoms with E-state index in [2.05, 4.69) is 15.2 Å². The van der Waals surface area contributed by atoms with Crippen molar-refractivity contribution in [2.24, 2.45) is 0 Å². The van der Waals surface area contributed by atoms with E-state index in [0.717, 1.165) is 36.1 Å². The molecule has 1 aromatic heterocycles. The zero-order valence-electron chi connectivity index (χ0n) is 15.2. The van der Waals surface area contributed by atoms with Crippen LogP contribution in [0.4, 0.5) is 0 Å². The molecule has 0 aliphatic carbocycles. The van der Waals surface area contributed by atoms with E-state index >= 15 is 0 Å². The van der Waals surface area contributed by atoms with Gasteiger partial charge in [-0.1, -0.05) is 30.3 Å². The molecule has 0 bridgehead atoms. The Kier molecular flexibility index (Phi) is 5.03. The number of H-pyrrole nitrogens is 1. The number of rotatable bonds is 5. The van der Waals surface area contributed by atoms with Crippen molar-refractivity contribution in [3.8, 4) is 11.1 Å². The monoisotopic (exact) mass is 361 g/mol. The van der Waals surface area contributed by atoms with Gasteiger partial charge in [-0.2, -0.15) is 0 Å². The van der Waals surface area contributed by atoms with Gasteiger partial charge in [0.1, 0.15) is 0 Å². The van der Waals surface area contributed by atoms with Crippen LogP contribution in [0, 0.1) is 0 Å². The molecular weight excluding hydrogens is 338 g/mol. The summed E-state index contributed by atoms with van der Waals surface area (Å²) >= 11 is 0. The lowest BCUT2D eigenvalue weighted by atomic mass is 10.0. The molecule has 1 fully saturated rings. The summed E-state index contributed by atoms with van der Waals surface area (Å²) in [6.45, 7) is 3.77. The second-order valence-electron chi connectivity index (χ2n) is 6.98. The van der Waals surface area contributed by atoms with Crippen LogP contribution < -0.4 is 10.9 Å². The number of pyridine rings is 1. The predicted octanol–water partition coefficient (Wildman–Crippen LogP) is 3.02. The van der Waals surface area contributed by atoms with Crippen LogP contribution in [0.15, 0.2) is 59.4 Å². The van der Waals surface area contributed by atoms with E-state index in [0.29, 0.717) is 17.7 Å². The summed E-state index contributed by atoms with van der Waals surface area (Å²) in [4.78, 5) is 30.2. The molecule has 1 amide bonds. The largest absolute Gasteiger partial charge is 0.351 e. The first-order chi connectivity index (χ1) is 13.2. The third kappa shape index (κ3) is 3.93. The van der Waals surface area contributed by atoms with Crippen LogP contribution in [0.25, 0.3) is 22.0 Å². The molecule has 4 rings (SSSR count). The molecule has 2 N–H and O–H groups in total. The summed E-state index contributed by atoms with van der Waals surface area (Å²) in [7, 11) is 0. The van der Waals surface area contributed by atoms with E-state index < -0.39 is 0 Å². The van der Waals surface area contributed by atoms with Crippen molar-refractivity contribution in [1.82, 2.24) is 15.2 Å². The second kappa shape index (κ2) is 7.76. The molecule has 1 aliphatic heterocycles. The number of amides is 1. The number of hydrogen-bond acceptors (Lipinski definition) is 3. The van der Waals surface area contributed by atoms with Gasteiger partial charge in [0.2, 0.25) is 0 Å². The van der Waals surface area contributed by atoms with Crippen LogP contribution in [0.5, 0.6) is 0 Å². The minimum absolute atomic E-state index is 0.103. The van der Waals surface area contributed by atoms with E-state index in [-0.39, 0.29) is 11.5 Å². The summed E-state index contributed by atoms with van der Waals surface area (Å²) in [6, 6.07) is 16.8. The summed E-state index contributed by atoms with van der Waals surface area (Å²) in [5.41, 5.74) is 2.54. The second-order valence-corrected chi connectivity index (χ2v) is 6.98. The minimum atomic E-state index is -0.153. The smallest absolute Gasteiger partial charge is 0.256 e. The molecule has 0 saturated carbocycles. The normalized spacial score (nSPS) is 14.5. The van der Waals surface area contributed by atoms with E-state index in [1.165, 1.54) is 12.8 Å². The molecule has 5 heteroatoms. The molecule has 0 atom stereocenters. The zero-order chi connectivity index (χ0) is 18.6. The van der Waals surface area contributed by atoms with Gasteiger partial charge in [-0.25, -0.2) is 0 Å². The van der Waals surface area contributed by atoms with E-state index in [4.69, 9.17) is 0 Å². The van der Waals surface area contributed by atoms with Crippen LogP contribution in [0.3, 0.4) is 0 Å².